The minimum atomic E-state index is 0.399. The standard InChI is InChI=1S/C14H12N4O2/c1-9-15-7-11(8-16-9)14-18-17-13(20-14)10-3-5-12(19-2)6-4-10/h3-8H,1-2H3. The van der Waals surface area contributed by atoms with Gasteiger partial charge in [-0.25, -0.2) is 9.97 Å². The molecule has 6 heteroatoms. The van der Waals surface area contributed by atoms with Gasteiger partial charge < -0.3 is 9.15 Å². The van der Waals surface area contributed by atoms with Gasteiger partial charge in [-0.05, 0) is 31.2 Å². The number of aryl methyl sites for hydroxylation is 1. The lowest BCUT2D eigenvalue weighted by molar-refractivity contribution is 0.415. The molecule has 0 radical (unpaired) electrons. The molecular formula is C14H12N4O2. The Morgan fingerprint density at radius 3 is 2.10 bits per heavy atom. The van der Waals surface area contributed by atoms with Crippen LogP contribution in [0.3, 0.4) is 0 Å². The monoisotopic (exact) mass is 268 g/mol. The summed E-state index contributed by atoms with van der Waals surface area (Å²) in [5.41, 5.74) is 1.53. The summed E-state index contributed by atoms with van der Waals surface area (Å²) in [6, 6.07) is 7.41. The van der Waals surface area contributed by atoms with Crippen LogP contribution in [0.1, 0.15) is 5.82 Å². The topological polar surface area (TPSA) is 73.9 Å². The van der Waals surface area contributed by atoms with Gasteiger partial charge in [0, 0.05) is 18.0 Å². The van der Waals surface area contributed by atoms with Crippen LogP contribution in [0.5, 0.6) is 5.75 Å². The fourth-order valence-electron chi connectivity index (χ4n) is 1.69. The third-order valence-electron chi connectivity index (χ3n) is 2.79. The molecule has 0 bridgehead atoms. The summed E-state index contributed by atoms with van der Waals surface area (Å²) in [5, 5.41) is 8.03. The lowest BCUT2D eigenvalue weighted by atomic mass is 10.2. The van der Waals surface area contributed by atoms with Crippen LogP contribution in [-0.4, -0.2) is 27.3 Å². The van der Waals surface area contributed by atoms with Crippen molar-refractivity contribution in [3.05, 3.63) is 42.5 Å². The van der Waals surface area contributed by atoms with Crippen LogP contribution in [0.4, 0.5) is 0 Å². The van der Waals surface area contributed by atoms with E-state index in [1.54, 1.807) is 19.5 Å². The molecule has 0 unspecified atom stereocenters. The summed E-state index contributed by atoms with van der Waals surface area (Å²) in [4.78, 5) is 8.21. The molecule has 0 amide bonds. The second-order valence-electron chi connectivity index (χ2n) is 4.16. The largest absolute Gasteiger partial charge is 0.497 e. The molecule has 100 valence electrons. The molecule has 0 saturated carbocycles. The molecule has 0 aliphatic rings. The predicted molar refractivity (Wildman–Crippen MR) is 72.0 cm³/mol. The summed E-state index contributed by atoms with van der Waals surface area (Å²) >= 11 is 0. The van der Waals surface area contributed by atoms with E-state index in [-0.39, 0.29) is 0 Å². The number of hydrogen-bond donors (Lipinski definition) is 0. The molecule has 2 heterocycles. The van der Waals surface area contributed by atoms with E-state index in [1.165, 1.54) is 0 Å². The lowest BCUT2D eigenvalue weighted by Crippen LogP contribution is -1.87. The maximum atomic E-state index is 5.63. The molecular weight excluding hydrogens is 256 g/mol. The Kier molecular flexibility index (Phi) is 3.12. The maximum Gasteiger partial charge on any atom is 0.251 e. The third kappa shape index (κ3) is 2.35. The van der Waals surface area contributed by atoms with Crippen molar-refractivity contribution < 1.29 is 9.15 Å². The molecule has 0 saturated heterocycles. The van der Waals surface area contributed by atoms with Crippen LogP contribution < -0.4 is 4.74 Å². The minimum Gasteiger partial charge on any atom is -0.497 e. The molecule has 0 N–H and O–H groups in total. The van der Waals surface area contributed by atoms with Crippen molar-refractivity contribution in [2.45, 2.75) is 6.92 Å². The highest BCUT2D eigenvalue weighted by Gasteiger charge is 2.11. The molecule has 20 heavy (non-hydrogen) atoms. The van der Waals surface area contributed by atoms with E-state index in [2.05, 4.69) is 20.2 Å². The summed E-state index contributed by atoms with van der Waals surface area (Å²) in [5.74, 6) is 2.32. The van der Waals surface area contributed by atoms with E-state index in [0.29, 0.717) is 23.2 Å². The Bertz CT molecular complexity index is 705. The van der Waals surface area contributed by atoms with Crippen molar-refractivity contribution >= 4 is 0 Å². The number of nitrogens with zero attached hydrogens (tertiary/aromatic N) is 4. The second kappa shape index (κ2) is 5.08. The van der Waals surface area contributed by atoms with E-state index in [0.717, 1.165) is 11.3 Å². The second-order valence-corrected chi connectivity index (χ2v) is 4.16. The first kappa shape index (κ1) is 12.3. The van der Waals surface area contributed by atoms with E-state index in [4.69, 9.17) is 9.15 Å². The van der Waals surface area contributed by atoms with Crippen LogP contribution in [0.15, 0.2) is 41.1 Å². The highest BCUT2D eigenvalue weighted by molar-refractivity contribution is 5.57. The summed E-state index contributed by atoms with van der Waals surface area (Å²) in [6.45, 7) is 1.82. The Labute approximate surface area is 115 Å². The first-order valence-corrected chi connectivity index (χ1v) is 6.03. The minimum absolute atomic E-state index is 0.399. The summed E-state index contributed by atoms with van der Waals surface area (Å²) in [6.07, 6.45) is 3.32. The highest BCUT2D eigenvalue weighted by atomic mass is 16.5. The van der Waals surface area contributed by atoms with Crippen LogP contribution in [0, 0.1) is 6.92 Å². The number of rotatable bonds is 3. The number of benzene rings is 1. The van der Waals surface area contributed by atoms with Gasteiger partial charge in [0.05, 0.1) is 12.7 Å². The van der Waals surface area contributed by atoms with E-state index in [1.807, 2.05) is 31.2 Å². The average Bonchev–Trinajstić information content (AvgIpc) is 2.98. The van der Waals surface area contributed by atoms with Crippen LogP contribution >= 0.6 is 0 Å². The van der Waals surface area contributed by atoms with Crippen molar-refractivity contribution in [1.82, 2.24) is 20.2 Å². The number of ether oxygens (including phenoxy) is 1. The Balaban J connectivity index is 1.91. The first-order valence-electron chi connectivity index (χ1n) is 6.03. The highest BCUT2D eigenvalue weighted by Crippen LogP contribution is 2.24. The molecule has 3 rings (SSSR count). The molecule has 0 aliphatic carbocycles. The number of methoxy groups -OCH3 is 1. The molecule has 1 aromatic carbocycles. The van der Waals surface area contributed by atoms with Crippen molar-refractivity contribution in [1.29, 1.82) is 0 Å². The molecule has 0 aliphatic heterocycles. The van der Waals surface area contributed by atoms with Gasteiger partial charge in [-0.2, -0.15) is 0 Å². The maximum absolute atomic E-state index is 5.63. The smallest absolute Gasteiger partial charge is 0.251 e. The van der Waals surface area contributed by atoms with Gasteiger partial charge in [0.25, 0.3) is 5.89 Å². The quantitative estimate of drug-likeness (QED) is 0.726. The molecule has 0 atom stereocenters. The van der Waals surface area contributed by atoms with Crippen molar-refractivity contribution in [3.8, 4) is 28.7 Å². The number of aromatic nitrogens is 4. The zero-order chi connectivity index (χ0) is 13.9. The van der Waals surface area contributed by atoms with Gasteiger partial charge in [-0.15, -0.1) is 10.2 Å². The van der Waals surface area contributed by atoms with Gasteiger partial charge in [-0.3, -0.25) is 0 Å². The Morgan fingerprint density at radius 1 is 0.900 bits per heavy atom. The first-order chi connectivity index (χ1) is 9.76. The van der Waals surface area contributed by atoms with Crippen molar-refractivity contribution in [2.75, 3.05) is 7.11 Å². The van der Waals surface area contributed by atoms with Crippen molar-refractivity contribution in [2.24, 2.45) is 0 Å². The van der Waals surface area contributed by atoms with Gasteiger partial charge in [0.1, 0.15) is 11.6 Å². The number of hydrogen-bond acceptors (Lipinski definition) is 6. The zero-order valence-corrected chi connectivity index (χ0v) is 11.1. The summed E-state index contributed by atoms with van der Waals surface area (Å²) < 4.78 is 10.7. The van der Waals surface area contributed by atoms with Crippen LogP contribution in [0.2, 0.25) is 0 Å². The van der Waals surface area contributed by atoms with Crippen LogP contribution in [0.25, 0.3) is 22.9 Å². The molecule has 6 nitrogen and oxygen atoms in total. The van der Waals surface area contributed by atoms with E-state index >= 15 is 0 Å². The fourth-order valence-corrected chi connectivity index (χ4v) is 1.69. The van der Waals surface area contributed by atoms with Gasteiger partial charge in [-0.1, -0.05) is 0 Å². The van der Waals surface area contributed by atoms with Gasteiger partial charge >= 0.3 is 0 Å². The zero-order valence-electron chi connectivity index (χ0n) is 11.1. The molecule has 3 aromatic rings. The van der Waals surface area contributed by atoms with Gasteiger partial charge in [0.15, 0.2) is 0 Å². The Morgan fingerprint density at radius 2 is 1.50 bits per heavy atom. The normalized spacial score (nSPS) is 10.5. The van der Waals surface area contributed by atoms with Crippen LogP contribution in [-0.2, 0) is 0 Å². The lowest BCUT2D eigenvalue weighted by Gasteiger charge is -1.99. The molecule has 0 spiro atoms. The molecule has 0 fully saturated rings. The Hall–Kier alpha value is -2.76. The van der Waals surface area contributed by atoms with Crippen molar-refractivity contribution in [3.63, 3.8) is 0 Å². The van der Waals surface area contributed by atoms with E-state index in [9.17, 15) is 0 Å². The van der Waals surface area contributed by atoms with Gasteiger partial charge in [0.2, 0.25) is 5.89 Å². The predicted octanol–water partition coefficient (Wildman–Crippen LogP) is 2.51. The molecule has 2 aromatic heterocycles. The SMILES string of the molecule is COc1ccc(-c2nnc(-c3cnc(C)nc3)o2)cc1. The summed E-state index contributed by atoms with van der Waals surface area (Å²) in [7, 11) is 1.62. The third-order valence-corrected chi connectivity index (χ3v) is 2.79. The fraction of sp³-hybridized carbons (Fsp3) is 0.143. The average molecular weight is 268 g/mol. The van der Waals surface area contributed by atoms with E-state index < -0.39 is 0 Å².